The molecule has 0 saturated heterocycles. The first-order valence-electron chi connectivity index (χ1n) is 5.49. The summed E-state index contributed by atoms with van der Waals surface area (Å²) >= 11 is 0. The molecule has 2 aromatic rings. The minimum atomic E-state index is 0.316. The molecule has 0 radical (unpaired) electrons. The summed E-state index contributed by atoms with van der Waals surface area (Å²) in [6.07, 6.45) is 1.57. The number of hydrazine groups is 1. The second kappa shape index (κ2) is 6.41. The number of nitrogens with one attached hydrogen (secondary N) is 1. The van der Waals surface area contributed by atoms with Gasteiger partial charge in [0, 0.05) is 12.3 Å². The van der Waals surface area contributed by atoms with Gasteiger partial charge in [0.2, 0.25) is 11.8 Å². The summed E-state index contributed by atoms with van der Waals surface area (Å²) < 4.78 is 10.9. The van der Waals surface area contributed by atoms with E-state index in [-0.39, 0.29) is 0 Å². The molecule has 1 aromatic carbocycles. The Morgan fingerprint density at radius 2 is 1.83 bits per heavy atom. The first-order chi connectivity index (χ1) is 8.88. The van der Waals surface area contributed by atoms with Crippen molar-refractivity contribution in [3.8, 4) is 11.6 Å². The van der Waals surface area contributed by atoms with Crippen LogP contribution in [0.4, 0.5) is 5.95 Å². The zero-order valence-electron chi connectivity index (χ0n) is 9.74. The van der Waals surface area contributed by atoms with E-state index in [2.05, 4.69) is 15.4 Å². The molecule has 0 aliphatic carbocycles. The predicted molar refractivity (Wildman–Crippen MR) is 67.3 cm³/mol. The molecule has 0 aliphatic heterocycles. The highest BCUT2D eigenvalue weighted by molar-refractivity contribution is 5.25. The van der Waals surface area contributed by atoms with Crippen molar-refractivity contribution in [2.75, 3.05) is 18.6 Å². The predicted octanol–water partition coefficient (Wildman–Crippen LogP) is 1.22. The molecule has 18 heavy (non-hydrogen) atoms. The average Bonchev–Trinajstić information content (AvgIpc) is 2.45. The van der Waals surface area contributed by atoms with Gasteiger partial charge in [-0.15, -0.1) is 0 Å². The zero-order valence-corrected chi connectivity index (χ0v) is 9.74. The van der Waals surface area contributed by atoms with Crippen LogP contribution in [0.1, 0.15) is 0 Å². The Morgan fingerprint density at radius 1 is 1.06 bits per heavy atom. The molecule has 6 heteroatoms. The van der Waals surface area contributed by atoms with Crippen molar-refractivity contribution in [1.29, 1.82) is 0 Å². The minimum absolute atomic E-state index is 0.316. The summed E-state index contributed by atoms with van der Waals surface area (Å²) in [5.41, 5.74) is 2.35. The molecule has 0 atom stereocenters. The quantitative estimate of drug-likeness (QED) is 0.453. The maximum absolute atomic E-state index is 5.48. The molecule has 0 unspecified atom stereocenters. The van der Waals surface area contributed by atoms with Crippen molar-refractivity contribution in [1.82, 2.24) is 9.97 Å². The van der Waals surface area contributed by atoms with E-state index in [9.17, 15) is 0 Å². The fraction of sp³-hybridized carbons (Fsp3) is 0.167. The smallest absolute Gasteiger partial charge is 0.240 e. The third-order valence-corrected chi connectivity index (χ3v) is 2.10. The number of nitrogen functional groups attached to an aromatic ring is 1. The average molecular weight is 246 g/mol. The molecular weight excluding hydrogens is 232 g/mol. The number of rotatable bonds is 6. The van der Waals surface area contributed by atoms with Crippen molar-refractivity contribution in [3.05, 3.63) is 42.6 Å². The Kier molecular flexibility index (Phi) is 4.32. The fourth-order valence-electron chi connectivity index (χ4n) is 1.31. The number of hydrogen-bond donors (Lipinski definition) is 2. The standard InChI is InChI=1S/C12H14N4O2/c13-16-12-14-7-6-11(15-12)18-9-8-17-10-4-2-1-3-5-10/h1-7H,8-9,13H2,(H,14,15,16). The fourth-order valence-corrected chi connectivity index (χ4v) is 1.31. The lowest BCUT2D eigenvalue weighted by atomic mass is 10.3. The summed E-state index contributed by atoms with van der Waals surface area (Å²) in [6, 6.07) is 11.2. The van der Waals surface area contributed by atoms with Gasteiger partial charge in [0.05, 0.1) is 0 Å². The number of anilines is 1. The van der Waals surface area contributed by atoms with Crippen LogP contribution in [-0.2, 0) is 0 Å². The van der Waals surface area contributed by atoms with Crippen LogP contribution in [0.15, 0.2) is 42.6 Å². The monoisotopic (exact) mass is 246 g/mol. The Bertz CT molecular complexity index is 479. The van der Waals surface area contributed by atoms with Crippen molar-refractivity contribution < 1.29 is 9.47 Å². The van der Waals surface area contributed by atoms with E-state index >= 15 is 0 Å². The second-order valence-corrected chi connectivity index (χ2v) is 3.37. The van der Waals surface area contributed by atoms with E-state index in [0.29, 0.717) is 25.0 Å². The van der Waals surface area contributed by atoms with Crippen molar-refractivity contribution >= 4 is 5.95 Å². The molecule has 6 nitrogen and oxygen atoms in total. The van der Waals surface area contributed by atoms with E-state index in [1.54, 1.807) is 12.3 Å². The highest BCUT2D eigenvalue weighted by Crippen LogP contribution is 2.09. The van der Waals surface area contributed by atoms with Crippen LogP contribution in [0.2, 0.25) is 0 Å². The Labute approximate surface area is 105 Å². The second-order valence-electron chi connectivity index (χ2n) is 3.37. The van der Waals surface area contributed by atoms with Gasteiger partial charge in [-0.3, -0.25) is 5.43 Å². The van der Waals surface area contributed by atoms with Gasteiger partial charge in [-0.1, -0.05) is 18.2 Å². The molecule has 0 amide bonds. The van der Waals surface area contributed by atoms with Crippen LogP contribution < -0.4 is 20.7 Å². The molecule has 2 rings (SSSR count). The van der Waals surface area contributed by atoms with Crippen LogP contribution in [0, 0.1) is 0 Å². The van der Waals surface area contributed by atoms with E-state index in [1.807, 2.05) is 30.3 Å². The lowest BCUT2D eigenvalue weighted by Crippen LogP contribution is -2.13. The lowest BCUT2D eigenvalue weighted by Gasteiger charge is -2.07. The van der Waals surface area contributed by atoms with E-state index in [0.717, 1.165) is 5.75 Å². The van der Waals surface area contributed by atoms with Crippen molar-refractivity contribution in [2.24, 2.45) is 5.84 Å². The van der Waals surface area contributed by atoms with Crippen LogP contribution in [0.5, 0.6) is 11.6 Å². The summed E-state index contributed by atoms with van der Waals surface area (Å²) in [7, 11) is 0. The Morgan fingerprint density at radius 3 is 2.61 bits per heavy atom. The zero-order chi connectivity index (χ0) is 12.6. The maximum Gasteiger partial charge on any atom is 0.240 e. The Hall–Kier alpha value is -2.34. The van der Waals surface area contributed by atoms with Crippen LogP contribution >= 0.6 is 0 Å². The van der Waals surface area contributed by atoms with Crippen molar-refractivity contribution in [3.63, 3.8) is 0 Å². The number of nitrogens with zero attached hydrogens (tertiary/aromatic N) is 2. The Balaban J connectivity index is 1.75. The summed E-state index contributed by atoms with van der Waals surface area (Å²) in [4.78, 5) is 7.89. The molecule has 3 N–H and O–H groups in total. The van der Waals surface area contributed by atoms with Crippen LogP contribution in [0.25, 0.3) is 0 Å². The van der Waals surface area contributed by atoms with E-state index in [1.165, 1.54) is 0 Å². The highest BCUT2D eigenvalue weighted by Gasteiger charge is 1.98. The van der Waals surface area contributed by atoms with Gasteiger partial charge in [0.15, 0.2) is 0 Å². The van der Waals surface area contributed by atoms with Gasteiger partial charge in [0.25, 0.3) is 0 Å². The summed E-state index contributed by atoms with van der Waals surface area (Å²) in [5.74, 6) is 6.78. The molecule has 0 aliphatic rings. The van der Waals surface area contributed by atoms with E-state index in [4.69, 9.17) is 15.3 Å². The normalized spacial score (nSPS) is 9.83. The topological polar surface area (TPSA) is 82.3 Å². The molecule has 1 aromatic heterocycles. The van der Waals surface area contributed by atoms with Gasteiger partial charge in [-0.05, 0) is 12.1 Å². The summed E-state index contributed by atoms with van der Waals surface area (Å²) in [5, 5.41) is 0. The first-order valence-corrected chi connectivity index (χ1v) is 5.49. The minimum Gasteiger partial charge on any atom is -0.490 e. The first kappa shape index (κ1) is 12.1. The van der Waals surface area contributed by atoms with Crippen LogP contribution in [-0.4, -0.2) is 23.2 Å². The molecular formula is C12H14N4O2. The molecule has 0 fully saturated rings. The number of aromatic nitrogens is 2. The SMILES string of the molecule is NNc1nccc(OCCOc2ccccc2)n1. The van der Waals surface area contributed by atoms with Gasteiger partial charge < -0.3 is 9.47 Å². The maximum atomic E-state index is 5.48. The van der Waals surface area contributed by atoms with Gasteiger partial charge in [-0.25, -0.2) is 10.8 Å². The van der Waals surface area contributed by atoms with Crippen LogP contribution in [0.3, 0.4) is 0 Å². The number of nitrogens with two attached hydrogens (primary N) is 1. The lowest BCUT2D eigenvalue weighted by molar-refractivity contribution is 0.212. The number of benzene rings is 1. The van der Waals surface area contributed by atoms with Gasteiger partial charge in [-0.2, -0.15) is 4.98 Å². The largest absolute Gasteiger partial charge is 0.490 e. The molecule has 0 spiro atoms. The third kappa shape index (κ3) is 3.60. The number of ether oxygens (including phenoxy) is 2. The van der Waals surface area contributed by atoms with E-state index < -0.39 is 0 Å². The molecule has 0 bridgehead atoms. The van der Waals surface area contributed by atoms with Gasteiger partial charge in [0.1, 0.15) is 19.0 Å². The third-order valence-electron chi connectivity index (χ3n) is 2.10. The highest BCUT2D eigenvalue weighted by atomic mass is 16.5. The molecule has 1 heterocycles. The van der Waals surface area contributed by atoms with Crippen molar-refractivity contribution in [2.45, 2.75) is 0 Å². The molecule has 94 valence electrons. The molecule has 0 saturated carbocycles. The number of hydrogen-bond acceptors (Lipinski definition) is 6. The summed E-state index contributed by atoms with van der Waals surface area (Å²) in [6.45, 7) is 0.843. The van der Waals surface area contributed by atoms with Gasteiger partial charge >= 0.3 is 0 Å². The number of para-hydroxylation sites is 1.